The van der Waals surface area contributed by atoms with Crippen molar-refractivity contribution in [3.05, 3.63) is 40.5 Å². The number of β-amino-alcohol motifs (C(OH)–C–C–N with tert-alkyl or cyclic N) is 1. The Kier molecular flexibility index (Phi) is 10.5. The van der Waals surface area contributed by atoms with E-state index in [1.165, 1.54) is 19.0 Å². The number of rotatable bonds is 5. The lowest BCUT2D eigenvalue weighted by Crippen LogP contribution is -2.23. The average molecular weight is 607 g/mol. The fourth-order valence-electron chi connectivity index (χ4n) is 5.88. The number of hydrogen-bond donors (Lipinski definition) is 2. The highest BCUT2D eigenvalue weighted by atomic mass is 32.1. The number of halogens is 1. The molecule has 0 radical (unpaired) electrons. The zero-order chi connectivity index (χ0) is 31.4. The minimum atomic E-state index is -0.500. The summed E-state index contributed by atoms with van der Waals surface area (Å²) in [7, 11) is 0. The highest BCUT2D eigenvalue weighted by Crippen LogP contribution is 2.45. The van der Waals surface area contributed by atoms with E-state index in [9.17, 15) is 14.8 Å². The Labute approximate surface area is 257 Å². The number of thiophene rings is 1. The fourth-order valence-corrected chi connectivity index (χ4v) is 6.80. The number of benzene rings is 1. The van der Waals surface area contributed by atoms with Gasteiger partial charge in [-0.25, -0.2) is 14.4 Å². The lowest BCUT2D eigenvalue weighted by Gasteiger charge is -2.20. The zero-order valence-electron chi connectivity index (χ0n) is 26.3. The van der Waals surface area contributed by atoms with Crippen molar-refractivity contribution in [2.75, 3.05) is 23.7 Å². The summed E-state index contributed by atoms with van der Waals surface area (Å²) < 4.78 is 20.9. The Morgan fingerprint density at radius 1 is 1.19 bits per heavy atom. The minimum Gasteiger partial charge on any atom is -0.391 e. The summed E-state index contributed by atoms with van der Waals surface area (Å²) in [4.78, 5) is 16.1. The van der Waals surface area contributed by atoms with Crippen LogP contribution in [0.3, 0.4) is 0 Å². The number of pyridine rings is 1. The van der Waals surface area contributed by atoms with Gasteiger partial charge in [0, 0.05) is 41.5 Å². The summed E-state index contributed by atoms with van der Waals surface area (Å²) in [6, 6.07) is 2.14. The van der Waals surface area contributed by atoms with Gasteiger partial charge >= 0.3 is 0 Å². The maximum absolute atomic E-state index is 14.7. The van der Waals surface area contributed by atoms with Crippen molar-refractivity contribution in [2.24, 2.45) is 11.8 Å². The Morgan fingerprint density at radius 2 is 1.91 bits per heavy atom. The summed E-state index contributed by atoms with van der Waals surface area (Å²) in [6.45, 7) is 16.7. The lowest BCUT2D eigenvalue weighted by molar-refractivity contribution is 0.135. The molecule has 2 atom stereocenters. The van der Waals surface area contributed by atoms with Crippen LogP contribution in [-0.2, 0) is 24.4 Å². The molecule has 0 amide bonds. The van der Waals surface area contributed by atoms with E-state index in [4.69, 9.17) is 15.5 Å². The van der Waals surface area contributed by atoms with Gasteiger partial charge in [0.1, 0.15) is 11.1 Å². The minimum absolute atomic E-state index is 0.133. The van der Waals surface area contributed by atoms with E-state index in [1.807, 2.05) is 38.8 Å². The third-order valence-electron chi connectivity index (χ3n) is 7.97. The average Bonchev–Trinajstić information content (AvgIpc) is 3.71. The van der Waals surface area contributed by atoms with Gasteiger partial charge in [0.15, 0.2) is 5.82 Å². The number of nitrogens with zero attached hydrogens (tertiary/aromatic N) is 5. The number of nitrogens with two attached hydrogens (primary N) is 1. The van der Waals surface area contributed by atoms with E-state index in [0.29, 0.717) is 54.5 Å². The van der Waals surface area contributed by atoms with Gasteiger partial charge in [0.2, 0.25) is 5.95 Å². The molecule has 1 aromatic carbocycles. The number of hydrogen-bond acceptors (Lipinski definition) is 9. The van der Waals surface area contributed by atoms with Crippen LogP contribution in [0.4, 0.5) is 15.3 Å². The molecular formula is C33H43FN6O2S. The summed E-state index contributed by atoms with van der Waals surface area (Å²) >= 11 is 1.06. The number of nitrogen functional groups attached to an aromatic ring is 1. The number of aryl methyl sites for hydroxylation is 1. The molecule has 8 nitrogen and oxygen atoms in total. The van der Waals surface area contributed by atoms with Gasteiger partial charge in [-0.1, -0.05) is 61.3 Å². The van der Waals surface area contributed by atoms with Crippen molar-refractivity contribution in [2.45, 2.75) is 87.0 Å². The number of nitriles is 1. The first kappa shape index (κ1) is 32.5. The number of aliphatic hydroxyl groups is 1. The Bertz CT molecular complexity index is 1640. The first-order chi connectivity index (χ1) is 20.7. The van der Waals surface area contributed by atoms with Gasteiger partial charge < -0.3 is 20.5 Å². The van der Waals surface area contributed by atoms with Crippen molar-refractivity contribution >= 4 is 43.3 Å². The quantitative estimate of drug-likeness (QED) is 0.241. The smallest absolute Gasteiger partial charge is 0.225 e. The van der Waals surface area contributed by atoms with Crippen LogP contribution in [0.2, 0.25) is 0 Å². The van der Waals surface area contributed by atoms with Crippen molar-refractivity contribution in [1.82, 2.24) is 15.0 Å². The predicted octanol–water partition coefficient (Wildman–Crippen LogP) is 7.38. The van der Waals surface area contributed by atoms with Gasteiger partial charge in [-0.2, -0.15) is 5.26 Å². The van der Waals surface area contributed by atoms with Crippen LogP contribution in [0.1, 0.15) is 83.6 Å². The summed E-state index contributed by atoms with van der Waals surface area (Å²) in [5.74, 6) is 1.10. The van der Waals surface area contributed by atoms with E-state index in [2.05, 4.69) is 36.8 Å². The van der Waals surface area contributed by atoms with E-state index in [1.54, 1.807) is 0 Å². The van der Waals surface area contributed by atoms with Crippen LogP contribution in [0, 0.1) is 29.0 Å². The van der Waals surface area contributed by atoms with E-state index >= 15 is 0 Å². The molecule has 0 aliphatic carbocycles. The fraction of sp³-hybridized carbons (Fsp3) is 0.515. The molecule has 0 saturated carbocycles. The molecule has 2 aliphatic rings. The van der Waals surface area contributed by atoms with Crippen LogP contribution in [0.15, 0.2) is 12.4 Å². The molecular weight excluding hydrogens is 563 g/mol. The van der Waals surface area contributed by atoms with Crippen molar-refractivity contribution in [3.63, 3.8) is 0 Å². The van der Waals surface area contributed by atoms with Crippen LogP contribution in [0.25, 0.3) is 32.2 Å². The first-order valence-corrected chi connectivity index (χ1v) is 16.1. The summed E-state index contributed by atoms with van der Waals surface area (Å²) in [5, 5.41) is 21.7. The molecule has 5 heterocycles. The van der Waals surface area contributed by atoms with Crippen LogP contribution >= 0.6 is 11.3 Å². The molecule has 2 unspecified atom stereocenters. The van der Waals surface area contributed by atoms with Gasteiger partial charge in [-0.05, 0) is 29.0 Å². The molecule has 0 bridgehead atoms. The predicted molar refractivity (Wildman–Crippen MR) is 174 cm³/mol. The van der Waals surface area contributed by atoms with Gasteiger partial charge in [0.05, 0.1) is 47.0 Å². The van der Waals surface area contributed by atoms with Crippen molar-refractivity contribution in [3.8, 4) is 17.3 Å². The maximum Gasteiger partial charge on any atom is 0.225 e. The maximum atomic E-state index is 14.7. The molecule has 1 saturated heterocycles. The second-order valence-electron chi connectivity index (χ2n) is 11.3. The summed E-state index contributed by atoms with van der Waals surface area (Å²) in [5.41, 5.74) is 11.4. The van der Waals surface area contributed by atoms with E-state index < -0.39 is 11.9 Å². The van der Waals surface area contributed by atoms with E-state index in [0.717, 1.165) is 50.4 Å². The molecule has 43 heavy (non-hydrogen) atoms. The normalized spacial score (nSPS) is 17.5. The zero-order valence-corrected chi connectivity index (χ0v) is 27.1. The molecule has 3 aromatic heterocycles. The number of ether oxygens (including phenoxy) is 1. The number of aromatic nitrogens is 3. The first-order valence-electron chi connectivity index (χ1n) is 15.3. The summed E-state index contributed by atoms with van der Waals surface area (Å²) in [6.07, 6.45) is 5.95. The molecule has 10 heteroatoms. The number of anilines is 2. The Balaban J connectivity index is 0.000000475. The van der Waals surface area contributed by atoms with Gasteiger partial charge in [0.25, 0.3) is 0 Å². The van der Waals surface area contributed by atoms with Gasteiger partial charge in [-0.3, -0.25) is 4.98 Å². The third-order valence-corrected chi connectivity index (χ3v) is 8.99. The number of fused-ring (bicyclic) bond motifs is 4. The van der Waals surface area contributed by atoms with Gasteiger partial charge in [-0.15, -0.1) is 11.3 Å². The molecule has 4 aromatic rings. The molecule has 3 N–H and O–H groups in total. The highest BCUT2D eigenvalue weighted by Gasteiger charge is 2.32. The standard InChI is InChI=1S/C25H23FN6O2S.C6H14.C2H6/c1-3-12-19(22-20-13(4-27)24(28)35-23(20)17(26)6-29-22)16-10-34-9-15(16)14-5-30-25(31-21(12)14)32-7-11(2)18(33)8-32;1-4-5-6(2)3;1-2/h5-6,11,18,33H,3,7-10,28H2,1-2H3;6H,4-5H2,1-3H3;1-2H3. The van der Waals surface area contributed by atoms with E-state index in [-0.39, 0.29) is 16.5 Å². The molecule has 6 rings (SSSR count). The SMILES string of the molecule is CC.CCCC(C)C.CCc1c(-c2ncc(F)c3sc(N)c(C#N)c23)c2c(c3cnc(N4CC(C)C(O)C4)nc13)COC2. The monoisotopic (exact) mass is 606 g/mol. The van der Waals surface area contributed by atoms with Crippen molar-refractivity contribution < 1.29 is 14.2 Å². The Hall–Kier alpha value is -3.39. The topological polar surface area (TPSA) is 121 Å². The third kappa shape index (κ3) is 6.17. The Morgan fingerprint density at radius 3 is 2.49 bits per heavy atom. The molecule has 2 aliphatic heterocycles. The lowest BCUT2D eigenvalue weighted by atomic mass is 9.88. The molecule has 0 spiro atoms. The number of aliphatic hydroxyl groups excluding tert-OH is 1. The second-order valence-corrected chi connectivity index (χ2v) is 12.4. The van der Waals surface area contributed by atoms with Crippen LogP contribution in [0.5, 0.6) is 0 Å². The van der Waals surface area contributed by atoms with Crippen molar-refractivity contribution in [1.29, 1.82) is 5.26 Å². The molecule has 230 valence electrons. The second kappa shape index (κ2) is 13.9. The van der Waals surface area contributed by atoms with Crippen LogP contribution in [-0.4, -0.2) is 39.3 Å². The highest BCUT2D eigenvalue weighted by molar-refractivity contribution is 7.23. The molecule has 1 fully saturated rings. The largest absolute Gasteiger partial charge is 0.391 e. The van der Waals surface area contributed by atoms with Crippen LogP contribution < -0.4 is 10.6 Å².